The van der Waals surface area contributed by atoms with Gasteiger partial charge < -0.3 is 10.1 Å². The first-order valence-corrected chi connectivity index (χ1v) is 7.26. The molecule has 2 rings (SSSR count). The van der Waals surface area contributed by atoms with E-state index in [1.807, 2.05) is 0 Å². The molecule has 7 heteroatoms. The Hall–Kier alpha value is -1.75. The molecule has 0 saturated carbocycles. The number of carbonyl (C=O) groups excluding carboxylic acids is 1. The quantitative estimate of drug-likeness (QED) is 0.807. The Balaban J connectivity index is 2.14. The predicted molar refractivity (Wildman–Crippen MR) is 89.9 cm³/mol. The Morgan fingerprint density at radius 3 is 2.64 bits per heavy atom. The number of carbonyl (C=O) groups is 1. The third-order valence-electron chi connectivity index (χ3n) is 2.63. The lowest BCUT2D eigenvalue weighted by molar-refractivity contribution is -0.111. The van der Waals surface area contributed by atoms with Crippen molar-refractivity contribution in [2.75, 3.05) is 12.4 Å². The summed E-state index contributed by atoms with van der Waals surface area (Å²) < 4.78 is 5.19. The average molecular weight is 358 g/mol. The topological polar surface area (TPSA) is 51.2 Å². The molecule has 0 aliphatic rings. The second-order valence-corrected chi connectivity index (χ2v) is 5.47. The molecule has 0 bridgehead atoms. The first kappa shape index (κ1) is 16.6. The van der Waals surface area contributed by atoms with Crippen LogP contribution in [0.5, 0.6) is 5.75 Å². The molecule has 1 N–H and O–H groups in total. The summed E-state index contributed by atoms with van der Waals surface area (Å²) in [5.41, 5.74) is 0.596. The second-order valence-electron chi connectivity index (χ2n) is 4.19. The van der Waals surface area contributed by atoms with Crippen molar-refractivity contribution >= 4 is 52.6 Å². The third-order valence-corrected chi connectivity index (χ3v) is 3.36. The van der Waals surface area contributed by atoms with Gasteiger partial charge in [0, 0.05) is 22.9 Å². The van der Waals surface area contributed by atoms with Crippen LogP contribution >= 0.6 is 34.8 Å². The number of aromatic nitrogens is 1. The number of pyridine rings is 1. The van der Waals surface area contributed by atoms with Crippen LogP contribution in [-0.2, 0) is 4.79 Å². The summed E-state index contributed by atoms with van der Waals surface area (Å²) in [6, 6.07) is 6.45. The Labute approximate surface area is 142 Å². The Bertz CT molecular complexity index is 715. The molecule has 4 nitrogen and oxygen atoms in total. The third kappa shape index (κ3) is 4.37. The zero-order valence-electron chi connectivity index (χ0n) is 11.4. The minimum Gasteiger partial charge on any atom is -0.495 e. The molecule has 0 radical (unpaired) electrons. The number of nitrogens with one attached hydrogen (secondary N) is 1. The van der Waals surface area contributed by atoms with Gasteiger partial charge in [-0.05, 0) is 30.3 Å². The minimum atomic E-state index is -0.354. The first-order chi connectivity index (χ1) is 10.5. The Morgan fingerprint density at radius 1 is 1.23 bits per heavy atom. The molecule has 2 aromatic rings. The van der Waals surface area contributed by atoms with Crippen molar-refractivity contribution < 1.29 is 9.53 Å². The van der Waals surface area contributed by atoms with Crippen molar-refractivity contribution in [2.24, 2.45) is 0 Å². The Morgan fingerprint density at radius 2 is 2.00 bits per heavy atom. The van der Waals surface area contributed by atoms with E-state index in [1.54, 1.807) is 30.3 Å². The fourth-order valence-corrected chi connectivity index (χ4v) is 2.40. The van der Waals surface area contributed by atoms with Gasteiger partial charge in [-0.25, -0.2) is 4.98 Å². The number of hydrogen-bond donors (Lipinski definition) is 1. The number of amides is 1. The number of ether oxygens (including phenoxy) is 1. The number of anilines is 1. The van der Waals surface area contributed by atoms with Crippen LogP contribution in [0.15, 0.2) is 36.5 Å². The standard InChI is InChI=1S/C15H11Cl3N2O2/c1-22-15-9(6-11(17)7-12(15)18)2-5-14(21)20-13-4-3-10(16)8-19-13/h2-8H,1H3,(H,19,20,21)/b5-2+. The normalized spacial score (nSPS) is 10.7. The van der Waals surface area contributed by atoms with Gasteiger partial charge in [-0.1, -0.05) is 34.8 Å². The summed E-state index contributed by atoms with van der Waals surface area (Å²) in [6.07, 6.45) is 4.34. The molecular weight excluding hydrogens is 347 g/mol. The molecule has 114 valence electrons. The van der Waals surface area contributed by atoms with Gasteiger partial charge in [-0.3, -0.25) is 4.79 Å². The smallest absolute Gasteiger partial charge is 0.249 e. The lowest BCUT2D eigenvalue weighted by Gasteiger charge is -2.07. The van der Waals surface area contributed by atoms with E-state index in [1.165, 1.54) is 19.4 Å². The van der Waals surface area contributed by atoms with Crippen LogP contribution in [0.25, 0.3) is 6.08 Å². The highest BCUT2D eigenvalue weighted by molar-refractivity contribution is 6.36. The number of hydrogen-bond acceptors (Lipinski definition) is 3. The van der Waals surface area contributed by atoms with E-state index < -0.39 is 0 Å². The van der Waals surface area contributed by atoms with Gasteiger partial charge in [0.1, 0.15) is 11.6 Å². The fraction of sp³-hybridized carbons (Fsp3) is 0.0667. The van der Waals surface area contributed by atoms with Crippen LogP contribution in [-0.4, -0.2) is 18.0 Å². The summed E-state index contributed by atoms with van der Waals surface area (Å²) in [5, 5.41) is 3.92. The number of methoxy groups -OCH3 is 1. The highest BCUT2D eigenvalue weighted by atomic mass is 35.5. The van der Waals surface area contributed by atoms with Crippen LogP contribution in [0.4, 0.5) is 5.82 Å². The minimum absolute atomic E-state index is 0.354. The van der Waals surface area contributed by atoms with E-state index in [2.05, 4.69) is 10.3 Å². The maximum absolute atomic E-state index is 11.9. The SMILES string of the molecule is COc1c(Cl)cc(Cl)cc1/C=C/C(=O)Nc1ccc(Cl)cn1. The lowest BCUT2D eigenvalue weighted by atomic mass is 10.2. The van der Waals surface area contributed by atoms with Crippen LogP contribution in [0.3, 0.4) is 0 Å². The van der Waals surface area contributed by atoms with E-state index in [-0.39, 0.29) is 5.91 Å². The molecule has 1 aromatic carbocycles. The molecule has 1 amide bonds. The van der Waals surface area contributed by atoms with Gasteiger partial charge in [0.25, 0.3) is 0 Å². The van der Waals surface area contributed by atoms with Gasteiger partial charge >= 0.3 is 0 Å². The molecule has 0 fully saturated rings. The molecule has 0 spiro atoms. The van der Waals surface area contributed by atoms with Gasteiger partial charge in [-0.2, -0.15) is 0 Å². The largest absolute Gasteiger partial charge is 0.495 e. The zero-order chi connectivity index (χ0) is 16.1. The van der Waals surface area contributed by atoms with Crippen molar-refractivity contribution in [1.82, 2.24) is 4.98 Å². The maximum Gasteiger partial charge on any atom is 0.249 e. The van der Waals surface area contributed by atoms with Crippen molar-refractivity contribution in [2.45, 2.75) is 0 Å². The average Bonchev–Trinajstić information content (AvgIpc) is 2.47. The molecule has 1 heterocycles. The van der Waals surface area contributed by atoms with E-state index in [0.29, 0.717) is 32.2 Å². The summed E-state index contributed by atoms with van der Waals surface area (Å²) in [6.45, 7) is 0. The van der Waals surface area contributed by atoms with Crippen LogP contribution in [0, 0.1) is 0 Å². The van der Waals surface area contributed by atoms with Crippen molar-refractivity contribution in [3.8, 4) is 5.75 Å². The first-order valence-electron chi connectivity index (χ1n) is 6.13. The number of benzene rings is 1. The summed E-state index contributed by atoms with van der Waals surface area (Å²) in [5.74, 6) is 0.489. The molecule has 0 aliphatic heterocycles. The molecule has 0 unspecified atom stereocenters. The second kappa shape index (κ2) is 7.49. The van der Waals surface area contributed by atoms with Gasteiger partial charge in [0.05, 0.1) is 17.2 Å². The van der Waals surface area contributed by atoms with E-state index in [0.717, 1.165) is 0 Å². The van der Waals surface area contributed by atoms with Crippen LogP contribution < -0.4 is 10.1 Å². The van der Waals surface area contributed by atoms with Crippen molar-refractivity contribution in [1.29, 1.82) is 0 Å². The predicted octanol–water partition coefficient (Wildman–Crippen LogP) is 4.70. The molecular formula is C15H11Cl3N2O2. The Kier molecular flexibility index (Phi) is 5.66. The van der Waals surface area contributed by atoms with Gasteiger partial charge in [-0.15, -0.1) is 0 Å². The van der Waals surface area contributed by atoms with Crippen molar-refractivity contribution in [3.63, 3.8) is 0 Å². The fourth-order valence-electron chi connectivity index (χ4n) is 1.70. The summed E-state index contributed by atoms with van der Waals surface area (Å²) >= 11 is 17.7. The summed E-state index contributed by atoms with van der Waals surface area (Å²) in [7, 11) is 1.49. The monoisotopic (exact) mass is 356 g/mol. The molecule has 0 atom stereocenters. The number of rotatable bonds is 4. The highest BCUT2D eigenvalue weighted by Crippen LogP contribution is 2.32. The van der Waals surface area contributed by atoms with Gasteiger partial charge in [0.15, 0.2) is 0 Å². The number of nitrogens with zero attached hydrogens (tertiary/aromatic N) is 1. The van der Waals surface area contributed by atoms with E-state index in [4.69, 9.17) is 39.5 Å². The van der Waals surface area contributed by atoms with Crippen LogP contribution in [0.2, 0.25) is 15.1 Å². The summed E-state index contributed by atoms with van der Waals surface area (Å²) in [4.78, 5) is 15.8. The number of halogens is 3. The van der Waals surface area contributed by atoms with E-state index >= 15 is 0 Å². The van der Waals surface area contributed by atoms with E-state index in [9.17, 15) is 4.79 Å². The van der Waals surface area contributed by atoms with Gasteiger partial charge in [0.2, 0.25) is 5.91 Å². The van der Waals surface area contributed by atoms with Crippen LogP contribution in [0.1, 0.15) is 5.56 Å². The lowest BCUT2D eigenvalue weighted by Crippen LogP contribution is -2.08. The molecule has 0 aliphatic carbocycles. The molecule has 22 heavy (non-hydrogen) atoms. The molecule has 0 saturated heterocycles. The zero-order valence-corrected chi connectivity index (χ0v) is 13.7. The molecule has 1 aromatic heterocycles. The highest BCUT2D eigenvalue weighted by Gasteiger charge is 2.08. The maximum atomic E-state index is 11.9. The van der Waals surface area contributed by atoms with Crippen molar-refractivity contribution in [3.05, 3.63) is 57.2 Å².